The van der Waals surface area contributed by atoms with E-state index in [0.29, 0.717) is 11.7 Å². The first-order chi connectivity index (χ1) is 8.97. The average molecular weight is 341 g/mol. The standard InChI is InChI=1S/C13H13BrN2O2S/c1-8(2)6-16-11-4-3-9(14)5-10(11)15-13(16)19-7-12(17)18/h3-5H,1,6-7H2,2H3,(H,17,18). The highest BCUT2D eigenvalue weighted by Crippen LogP contribution is 2.27. The summed E-state index contributed by atoms with van der Waals surface area (Å²) in [7, 11) is 0. The van der Waals surface area contributed by atoms with Crippen LogP contribution < -0.4 is 0 Å². The Morgan fingerprint density at radius 2 is 2.32 bits per heavy atom. The molecule has 0 saturated heterocycles. The number of carboxylic acid groups (broad SMARTS) is 1. The van der Waals surface area contributed by atoms with Gasteiger partial charge in [0.2, 0.25) is 0 Å². The van der Waals surface area contributed by atoms with Gasteiger partial charge in [0.05, 0.1) is 16.8 Å². The summed E-state index contributed by atoms with van der Waals surface area (Å²) in [6, 6.07) is 5.85. The number of rotatable bonds is 5. The number of aromatic nitrogens is 2. The average Bonchev–Trinajstić information content (AvgIpc) is 2.63. The monoisotopic (exact) mass is 340 g/mol. The number of benzene rings is 1. The summed E-state index contributed by atoms with van der Waals surface area (Å²) < 4.78 is 2.95. The van der Waals surface area contributed by atoms with Crippen molar-refractivity contribution in [1.82, 2.24) is 9.55 Å². The van der Waals surface area contributed by atoms with Crippen LogP contribution in [0, 0.1) is 0 Å². The molecule has 0 bridgehead atoms. The molecule has 19 heavy (non-hydrogen) atoms. The minimum Gasteiger partial charge on any atom is -0.481 e. The van der Waals surface area contributed by atoms with E-state index in [4.69, 9.17) is 5.11 Å². The molecule has 0 unspecified atom stereocenters. The second-order valence-electron chi connectivity index (χ2n) is 4.25. The Hall–Kier alpha value is -1.27. The Kier molecular flexibility index (Phi) is 4.31. The van der Waals surface area contributed by atoms with Crippen molar-refractivity contribution in [3.05, 3.63) is 34.8 Å². The summed E-state index contributed by atoms with van der Waals surface area (Å²) in [5.41, 5.74) is 2.84. The van der Waals surface area contributed by atoms with Crippen LogP contribution in [0.5, 0.6) is 0 Å². The van der Waals surface area contributed by atoms with Crippen LogP contribution in [0.4, 0.5) is 0 Å². The fourth-order valence-corrected chi connectivity index (χ4v) is 2.82. The second kappa shape index (κ2) is 5.79. The van der Waals surface area contributed by atoms with Gasteiger partial charge in [-0.3, -0.25) is 4.79 Å². The number of hydrogen-bond acceptors (Lipinski definition) is 3. The minimum atomic E-state index is -0.847. The fourth-order valence-electron chi connectivity index (χ4n) is 1.74. The molecule has 1 aromatic carbocycles. The molecule has 4 nitrogen and oxygen atoms in total. The maximum atomic E-state index is 10.7. The molecule has 0 fully saturated rings. The van der Waals surface area contributed by atoms with Crippen molar-refractivity contribution < 1.29 is 9.90 Å². The van der Waals surface area contributed by atoms with Gasteiger partial charge in [-0.25, -0.2) is 4.98 Å². The van der Waals surface area contributed by atoms with E-state index in [2.05, 4.69) is 27.5 Å². The molecule has 1 N–H and O–H groups in total. The van der Waals surface area contributed by atoms with Crippen molar-refractivity contribution >= 4 is 44.7 Å². The number of aliphatic carboxylic acids is 1. The lowest BCUT2D eigenvalue weighted by molar-refractivity contribution is -0.133. The summed E-state index contributed by atoms with van der Waals surface area (Å²) in [6.45, 7) is 6.49. The minimum absolute atomic E-state index is 0.000677. The topological polar surface area (TPSA) is 55.1 Å². The molecule has 2 rings (SSSR count). The van der Waals surface area contributed by atoms with Crippen molar-refractivity contribution in [1.29, 1.82) is 0 Å². The predicted octanol–water partition coefficient (Wildman–Crippen LogP) is 3.55. The Bertz CT molecular complexity index is 651. The summed E-state index contributed by atoms with van der Waals surface area (Å²) in [5.74, 6) is -0.846. The molecule has 0 aliphatic carbocycles. The van der Waals surface area contributed by atoms with Gasteiger partial charge in [0.15, 0.2) is 5.16 Å². The maximum absolute atomic E-state index is 10.7. The molecule has 0 spiro atoms. The summed E-state index contributed by atoms with van der Waals surface area (Å²) in [4.78, 5) is 15.2. The van der Waals surface area contributed by atoms with Crippen molar-refractivity contribution in [3.8, 4) is 0 Å². The zero-order chi connectivity index (χ0) is 14.0. The highest BCUT2D eigenvalue weighted by Gasteiger charge is 2.13. The van der Waals surface area contributed by atoms with Crippen molar-refractivity contribution in [3.63, 3.8) is 0 Å². The quantitative estimate of drug-likeness (QED) is 0.667. The summed E-state index contributed by atoms with van der Waals surface area (Å²) >= 11 is 4.64. The molecular formula is C13H13BrN2O2S. The highest BCUT2D eigenvalue weighted by molar-refractivity contribution is 9.10. The highest BCUT2D eigenvalue weighted by atomic mass is 79.9. The number of nitrogens with zero attached hydrogens (tertiary/aromatic N) is 2. The van der Waals surface area contributed by atoms with E-state index in [1.807, 2.05) is 29.7 Å². The van der Waals surface area contributed by atoms with Crippen LogP contribution in [0.15, 0.2) is 40.0 Å². The largest absolute Gasteiger partial charge is 0.481 e. The number of halogens is 1. The number of carbonyl (C=O) groups is 1. The Labute approximate surface area is 123 Å². The van der Waals surface area contributed by atoms with Crippen LogP contribution in [0.2, 0.25) is 0 Å². The normalized spacial score (nSPS) is 10.8. The van der Waals surface area contributed by atoms with Crippen LogP contribution in [0.25, 0.3) is 11.0 Å². The van der Waals surface area contributed by atoms with Crippen LogP contribution in [-0.4, -0.2) is 26.4 Å². The molecule has 1 aromatic heterocycles. The zero-order valence-electron chi connectivity index (χ0n) is 10.4. The molecule has 2 aromatic rings. The number of imidazole rings is 1. The molecule has 1 heterocycles. The van der Waals surface area contributed by atoms with Gasteiger partial charge in [-0.15, -0.1) is 0 Å². The third kappa shape index (κ3) is 3.39. The Morgan fingerprint density at radius 1 is 1.58 bits per heavy atom. The first-order valence-electron chi connectivity index (χ1n) is 5.62. The Morgan fingerprint density at radius 3 is 2.95 bits per heavy atom. The van der Waals surface area contributed by atoms with Gasteiger partial charge in [-0.2, -0.15) is 0 Å². The number of allylic oxidation sites excluding steroid dienone is 1. The molecule has 0 atom stereocenters. The first kappa shape index (κ1) is 14.1. The smallest absolute Gasteiger partial charge is 0.313 e. The van der Waals surface area contributed by atoms with Crippen molar-refractivity contribution in [2.24, 2.45) is 0 Å². The van der Waals surface area contributed by atoms with Crippen LogP contribution in [0.1, 0.15) is 6.92 Å². The van der Waals surface area contributed by atoms with Crippen LogP contribution >= 0.6 is 27.7 Å². The van der Waals surface area contributed by atoms with Gasteiger partial charge >= 0.3 is 5.97 Å². The zero-order valence-corrected chi connectivity index (χ0v) is 12.8. The molecule has 0 amide bonds. The SMILES string of the molecule is C=C(C)Cn1c(SCC(=O)O)nc2cc(Br)ccc21. The van der Waals surface area contributed by atoms with Gasteiger partial charge in [-0.05, 0) is 25.1 Å². The van der Waals surface area contributed by atoms with E-state index < -0.39 is 5.97 Å². The van der Waals surface area contributed by atoms with Crippen LogP contribution in [-0.2, 0) is 11.3 Å². The fraction of sp³-hybridized carbons (Fsp3) is 0.231. The third-order valence-corrected chi connectivity index (χ3v) is 3.88. The molecule has 100 valence electrons. The summed E-state index contributed by atoms with van der Waals surface area (Å²) in [5, 5.41) is 9.49. The molecule has 0 aliphatic rings. The molecule has 0 radical (unpaired) electrons. The van der Waals surface area contributed by atoms with Gasteiger partial charge < -0.3 is 9.67 Å². The Balaban J connectivity index is 2.47. The van der Waals surface area contributed by atoms with Crippen molar-refractivity contribution in [2.45, 2.75) is 18.6 Å². The van der Waals surface area contributed by atoms with E-state index in [1.165, 1.54) is 11.8 Å². The summed E-state index contributed by atoms with van der Waals surface area (Å²) in [6.07, 6.45) is 0. The maximum Gasteiger partial charge on any atom is 0.313 e. The number of thioether (sulfide) groups is 1. The van der Waals surface area contributed by atoms with E-state index >= 15 is 0 Å². The lowest BCUT2D eigenvalue weighted by atomic mass is 10.3. The van der Waals surface area contributed by atoms with E-state index in [-0.39, 0.29) is 5.75 Å². The van der Waals surface area contributed by atoms with Crippen LogP contribution in [0.3, 0.4) is 0 Å². The molecule has 6 heteroatoms. The van der Waals surface area contributed by atoms with Gasteiger partial charge in [0, 0.05) is 11.0 Å². The van der Waals surface area contributed by atoms with E-state index in [1.54, 1.807) is 0 Å². The van der Waals surface area contributed by atoms with E-state index in [0.717, 1.165) is 21.1 Å². The van der Waals surface area contributed by atoms with Gasteiger partial charge in [-0.1, -0.05) is 39.8 Å². The molecule has 0 aliphatic heterocycles. The first-order valence-corrected chi connectivity index (χ1v) is 7.40. The predicted molar refractivity (Wildman–Crippen MR) is 80.6 cm³/mol. The lowest BCUT2D eigenvalue weighted by Crippen LogP contribution is -2.03. The van der Waals surface area contributed by atoms with Gasteiger partial charge in [0.1, 0.15) is 0 Å². The molecule has 0 saturated carbocycles. The lowest BCUT2D eigenvalue weighted by Gasteiger charge is -2.07. The molecular weight excluding hydrogens is 328 g/mol. The number of hydrogen-bond donors (Lipinski definition) is 1. The van der Waals surface area contributed by atoms with Gasteiger partial charge in [0.25, 0.3) is 0 Å². The van der Waals surface area contributed by atoms with E-state index in [9.17, 15) is 4.79 Å². The second-order valence-corrected chi connectivity index (χ2v) is 6.11. The number of carboxylic acids is 1. The number of fused-ring (bicyclic) bond motifs is 1. The third-order valence-electron chi connectivity index (χ3n) is 2.43. The van der Waals surface area contributed by atoms with Crippen molar-refractivity contribution in [2.75, 3.05) is 5.75 Å².